The predicted octanol–water partition coefficient (Wildman–Crippen LogP) is 13.7. The Morgan fingerprint density at radius 1 is 0.614 bits per heavy atom. The summed E-state index contributed by atoms with van der Waals surface area (Å²) in [7, 11) is 0. The van der Waals surface area contributed by atoms with Crippen molar-refractivity contribution in [2.24, 2.45) is 45.1 Å². The minimum Gasteiger partial charge on any atom is -0.481 e. The predicted molar refractivity (Wildman–Crippen MR) is 333 cm³/mol. The van der Waals surface area contributed by atoms with Gasteiger partial charge in [0.1, 0.15) is 39.9 Å². The van der Waals surface area contributed by atoms with Crippen molar-refractivity contribution in [3.05, 3.63) is 103 Å². The first-order valence-corrected chi connectivity index (χ1v) is 32.1. The number of carboxylic acids is 1. The van der Waals surface area contributed by atoms with Crippen LogP contribution >= 0.6 is 58.8 Å². The van der Waals surface area contributed by atoms with E-state index in [4.69, 9.17) is 61.6 Å². The van der Waals surface area contributed by atoms with Crippen LogP contribution in [-0.4, -0.2) is 91.6 Å². The van der Waals surface area contributed by atoms with Crippen LogP contribution < -0.4 is 16.4 Å². The molecule has 10 atom stereocenters. The van der Waals surface area contributed by atoms with E-state index in [0.717, 1.165) is 38.5 Å². The van der Waals surface area contributed by atoms with Crippen molar-refractivity contribution in [3.8, 4) is 0 Å². The lowest BCUT2D eigenvalue weighted by atomic mass is 9.51. The first-order valence-electron chi connectivity index (χ1n) is 30.5. The van der Waals surface area contributed by atoms with Gasteiger partial charge in [0.25, 0.3) is 0 Å². The molecule has 0 aromatic carbocycles. The molecule has 5 N–H and O–H groups in total. The Morgan fingerprint density at radius 2 is 1.03 bits per heavy atom. The molecule has 16 nitrogen and oxygen atoms in total. The summed E-state index contributed by atoms with van der Waals surface area (Å²) < 4.78 is 42.6. The molecule has 4 spiro atoms. The molecule has 0 bridgehead atoms. The Labute approximate surface area is 538 Å². The standard InChI is InChI=1S/C33H38Cl2FN3O4.C24H24Cl2FN3O3.C8H15NO2.ClH/c1-4-22(40)24-7-5-18(17-43-24)15-23(41)20-16-32(12-10-31(2,3)11-13-32)33(26(20)19-9-14-37-28(35)27(19)36)21-6-8-25(34)38-29(21)39-30(33)42;1-22(2)6-8-23(9-7-22)11-13(20(31)32)16(12-5-10-28-18(26)17(12)27)24(23)14-3-4-15(25)29-19(14)30-21(24)33;1-2-7(10)8-4-3-6(9)5-11-8;/h6,8-9,14,18,20,24,26H,4-5,7,10-13,15-17H2,1-3H3,(H,38,39,42);3-5,10,13,16H,6-9,11H2,1-2H3,(H,31,32)(H,29,30,33);6,8H,2-5,9H2,1H3;1H/t18-,20-,24-,26-,33+;13-,16+,24?;6-,8+;/m011./s1. The van der Waals surface area contributed by atoms with E-state index in [0.29, 0.717) is 93.8 Å². The molecule has 1 unspecified atom stereocenters. The lowest BCUT2D eigenvalue weighted by Gasteiger charge is -2.50. The molecule has 88 heavy (non-hydrogen) atoms. The van der Waals surface area contributed by atoms with Gasteiger partial charge in [-0.05, 0) is 153 Å². The fraction of sp³-hybridized carbons (Fsp3) is 0.600. The molecule has 476 valence electrons. The minimum absolute atomic E-state index is 0. The fourth-order valence-electron chi connectivity index (χ4n) is 16.6. The SMILES string of the molecule is CC1(C)CCC2(CC1)C[C@@H](C(=O)O)[C@H](c1ccnc(Cl)c1F)C21C(=O)Nc2nc(Cl)ccc21.CCC(=O)[C@@H]1CC[C@@H](CC(=O)[C@@H]2CC3(CCC(C)(C)CC3)[C@@]3(C(=O)Nc4nc(Cl)ccc43)[C@H]2c2ccnc(Cl)c2F)CO1.CCC(=O)[C@@H]1CC[C@@H](N)CO1.Cl. The Morgan fingerprint density at radius 3 is 1.43 bits per heavy atom. The molecular weight excluding hydrogens is 1240 g/mol. The molecule has 2 saturated heterocycles. The van der Waals surface area contributed by atoms with Crippen LogP contribution in [0.3, 0.4) is 0 Å². The maximum absolute atomic E-state index is 16.1. The average molecular weight is 1320 g/mol. The van der Waals surface area contributed by atoms with Gasteiger partial charge in [-0.25, -0.2) is 28.7 Å². The van der Waals surface area contributed by atoms with Crippen molar-refractivity contribution in [2.45, 2.75) is 192 Å². The number of fused-ring (bicyclic) bond motifs is 6. The summed E-state index contributed by atoms with van der Waals surface area (Å²) in [5, 5.41) is 16.0. The Kier molecular flexibility index (Phi) is 20.0. The number of amides is 2. The van der Waals surface area contributed by atoms with Crippen molar-refractivity contribution in [1.82, 2.24) is 19.9 Å². The number of halogens is 7. The molecule has 4 aromatic rings. The molecule has 12 rings (SSSR count). The molecule has 8 aliphatic rings. The number of aromatic nitrogens is 4. The third kappa shape index (κ3) is 11.9. The maximum atomic E-state index is 16.1. The number of nitrogens with one attached hydrogen (secondary N) is 2. The van der Waals surface area contributed by atoms with Crippen LogP contribution in [0.15, 0.2) is 48.8 Å². The van der Waals surface area contributed by atoms with Crippen LogP contribution in [0.1, 0.15) is 185 Å². The van der Waals surface area contributed by atoms with Gasteiger partial charge in [-0.3, -0.25) is 28.8 Å². The maximum Gasteiger partial charge on any atom is 0.307 e. The number of carbonyl (C=O) groups is 6. The molecule has 6 fully saturated rings. The smallest absolute Gasteiger partial charge is 0.307 e. The lowest BCUT2D eigenvalue weighted by Crippen LogP contribution is -2.52. The second kappa shape index (κ2) is 26.1. The Bertz CT molecular complexity index is 3360. The summed E-state index contributed by atoms with van der Waals surface area (Å²) in [6.45, 7) is 13.4. The highest BCUT2D eigenvalue weighted by Crippen LogP contribution is 2.74. The van der Waals surface area contributed by atoms with Gasteiger partial charge in [-0.1, -0.05) is 100 Å². The number of ether oxygens (including phenoxy) is 2. The van der Waals surface area contributed by atoms with Crippen LogP contribution in [0.25, 0.3) is 0 Å². The Hall–Kier alpha value is -4.79. The highest BCUT2D eigenvalue weighted by molar-refractivity contribution is 6.30. The van der Waals surface area contributed by atoms with Gasteiger partial charge in [0, 0.05) is 66.6 Å². The summed E-state index contributed by atoms with van der Waals surface area (Å²) >= 11 is 24.7. The topological polar surface area (TPSA) is 243 Å². The van der Waals surface area contributed by atoms with Crippen LogP contribution in [0, 0.1) is 51.0 Å². The van der Waals surface area contributed by atoms with E-state index in [2.05, 4.69) is 58.3 Å². The number of pyridine rings is 4. The lowest BCUT2D eigenvalue weighted by molar-refractivity contribution is -0.142. The van der Waals surface area contributed by atoms with Gasteiger partial charge in [0.05, 0.1) is 30.0 Å². The fourth-order valence-corrected chi connectivity index (χ4v) is 17.2. The number of hydrogen-bond acceptors (Lipinski definition) is 13. The van der Waals surface area contributed by atoms with Crippen LogP contribution in [0.2, 0.25) is 20.6 Å². The van der Waals surface area contributed by atoms with Crippen molar-refractivity contribution < 1.29 is 52.1 Å². The number of nitrogens with zero attached hydrogens (tertiary/aromatic N) is 4. The van der Waals surface area contributed by atoms with E-state index >= 15 is 8.78 Å². The summed E-state index contributed by atoms with van der Waals surface area (Å²) in [5.41, 5.74) is 3.48. The zero-order valence-electron chi connectivity index (χ0n) is 50.4. The first-order chi connectivity index (χ1) is 41.2. The molecule has 2 amide bonds. The molecule has 0 radical (unpaired) electrons. The van der Waals surface area contributed by atoms with E-state index < -0.39 is 69.0 Å². The minimum atomic E-state index is -1.31. The zero-order valence-corrected chi connectivity index (χ0v) is 54.3. The molecule has 4 saturated carbocycles. The second-order valence-electron chi connectivity index (χ2n) is 27.1. The van der Waals surface area contributed by atoms with Crippen molar-refractivity contribution in [2.75, 3.05) is 23.8 Å². The Balaban J connectivity index is 0.000000181. The molecule has 23 heteroatoms. The highest BCUT2D eigenvalue weighted by atomic mass is 35.5. The van der Waals surface area contributed by atoms with Gasteiger partial charge in [0.15, 0.2) is 33.5 Å². The molecule has 4 aromatic heterocycles. The van der Waals surface area contributed by atoms with Gasteiger partial charge in [0.2, 0.25) is 11.8 Å². The van der Waals surface area contributed by atoms with Crippen molar-refractivity contribution >= 4 is 106 Å². The third-order valence-corrected chi connectivity index (χ3v) is 22.2. The van der Waals surface area contributed by atoms with E-state index in [-0.39, 0.29) is 115 Å². The molecule has 4 aliphatic heterocycles. The third-order valence-electron chi connectivity index (χ3n) is 21.2. The van der Waals surface area contributed by atoms with E-state index in [9.17, 15) is 33.9 Å². The number of aliphatic carboxylic acids is 1. The number of anilines is 2. The number of Topliss-reactive ketones (excluding diaryl/α,β-unsaturated/α-hetero) is 3. The average Bonchev–Trinajstić information content (AvgIpc) is 1.53. The zero-order chi connectivity index (χ0) is 62.8. The van der Waals surface area contributed by atoms with Gasteiger partial charge in [-0.2, -0.15) is 0 Å². The highest BCUT2D eigenvalue weighted by Gasteiger charge is 2.75. The summed E-state index contributed by atoms with van der Waals surface area (Å²) in [4.78, 5) is 95.4. The number of rotatable bonds is 10. The normalized spacial score (nSPS) is 30.0. The van der Waals surface area contributed by atoms with Gasteiger partial charge in [-0.15, -0.1) is 12.4 Å². The van der Waals surface area contributed by atoms with Crippen LogP contribution in [0.4, 0.5) is 20.4 Å². The second-order valence-corrected chi connectivity index (χ2v) is 28.6. The number of carbonyl (C=O) groups excluding carboxylic acids is 5. The number of hydrogen-bond donors (Lipinski definition) is 4. The van der Waals surface area contributed by atoms with Crippen LogP contribution in [0.5, 0.6) is 0 Å². The van der Waals surface area contributed by atoms with Crippen molar-refractivity contribution in [3.63, 3.8) is 0 Å². The van der Waals surface area contributed by atoms with Crippen molar-refractivity contribution in [1.29, 1.82) is 0 Å². The molecular formula is C65H78Cl5F2N7O9. The van der Waals surface area contributed by atoms with Gasteiger partial charge < -0.3 is 30.9 Å². The van der Waals surface area contributed by atoms with E-state index in [1.54, 1.807) is 24.3 Å². The summed E-state index contributed by atoms with van der Waals surface area (Å²) in [5.74, 6) is -5.69. The van der Waals surface area contributed by atoms with Crippen LogP contribution in [-0.2, 0) is 49.1 Å². The summed E-state index contributed by atoms with van der Waals surface area (Å²) in [6.07, 6.45) is 13.3. The summed E-state index contributed by atoms with van der Waals surface area (Å²) in [6, 6.07) is 9.98. The largest absolute Gasteiger partial charge is 0.481 e. The number of ketones is 3. The molecule has 8 heterocycles. The first kappa shape index (κ1) is 67.6. The quantitative estimate of drug-likeness (QED) is 0.108. The van der Waals surface area contributed by atoms with E-state index in [1.807, 2.05) is 19.9 Å². The number of carboxylic acid groups (broad SMARTS) is 1. The molecule has 4 aliphatic carbocycles. The number of nitrogens with two attached hydrogens (primary N) is 1. The van der Waals surface area contributed by atoms with Gasteiger partial charge >= 0.3 is 5.97 Å². The monoisotopic (exact) mass is 1310 g/mol. The van der Waals surface area contributed by atoms with E-state index in [1.165, 1.54) is 18.5 Å².